The van der Waals surface area contributed by atoms with Gasteiger partial charge in [-0.25, -0.2) is 0 Å². The molecule has 5 aromatic carbocycles. The van der Waals surface area contributed by atoms with Gasteiger partial charge in [0.2, 0.25) is 0 Å². The van der Waals surface area contributed by atoms with Crippen molar-refractivity contribution in [1.82, 2.24) is 0 Å². The van der Waals surface area contributed by atoms with Crippen LogP contribution in [-0.2, 0) is 50.1 Å². The second kappa shape index (κ2) is 18.3. The molecule has 50 heavy (non-hydrogen) atoms. The van der Waals surface area contributed by atoms with Crippen molar-refractivity contribution in [1.29, 1.82) is 0 Å². The maximum absolute atomic E-state index is 7.07. The average Bonchev–Trinajstić information content (AvgIpc) is 3.17. The second-order valence-corrected chi connectivity index (χ2v) is 13.0. The van der Waals surface area contributed by atoms with Gasteiger partial charge in [-0.05, 0) is 44.3 Å². The molecule has 1 aliphatic rings. The molecule has 1 heterocycles. The van der Waals surface area contributed by atoms with Crippen LogP contribution < -0.4 is 9.47 Å². The Kier molecular flexibility index (Phi) is 13.1. The predicted molar refractivity (Wildman–Crippen MR) is 196 cm³/mol. The largest absolute Gasteiger partial charge is 0.496 e. The maximum Gasteiger partial charge on any atom is 0.136 e. The number of hydrogen-bond acceptors (Lipinski definition) is 7. The first-order chi connectivity index (χ1) is 24.6. The lowest BCUT2D eigenvalue weighted by atomic mass is 9.89. The standard InChI is InChI=1S/C42H43BrO7/c1-44-36-24-37(45-2)35(43)23-34(36)39-41(48-27-32-19-11-5-12-20-32)42(49-28-33-21-13-6-14-22-33)40(47-26-31-17-9-4-10-18-31)38(50-39)29-46-25-30-15-7-3-8-16-30/h3-24,38-42H,25-29H2,1-2H3/t38-,39+,40-,41+,42+/m1/s1. The van der Waals surface area contributed by atoms with Crippen molar-refractivity contribution in [3.05, 3.63) is 166 Å². The maximum atomic E-state index is 7.07. The Hall–Kier alpha value is -4.02. The summed E-state index contributed by atoms with van der Waals surface area (Å²) in [6.45, 7) is 1.76. The fourth-order valence-corrected chi connectivity index (χ4v) is 6.67. The van der Waals surface area contributed by atoms with Gasteiger partial charge in [0.15, 0.2) is 0 Å². The molecule has 0 radical (unpaired) electrons. The third kappa shape index (κ3) is 9.40. The first kappa shape index (κ1) is 35.8. The fraction of sp³-hybridized carbons (Fsp3) is 0.286. The summed E-state index contributed by atoms with van der Waals surface area (Å²) in [6.07, 6.45) is -2.83. The highest BCUT2D eigenvalue weighted by atomic mass is 79.9. The van der Waals surface area contributed by atoms with Crippen LogP contribution >= 0.6 is 15.9 Å². The molecule has 260 valence electrons. The Bertz CT molecular complexity index is 1720. The molecule has 0 aliphatic carbocycles. The first-order valence-corrected chi connectivity index (χ1v) is 17.6. The summed E-state index contributed by atoms with van der Waals surface area (Å²) in [5, 5.41) is 0. The van der Waals surface area contributed by atoms with Crippen molar-refractivity contribution in [3.63, 3.8) is 0 Å². The topological polar surface area (TPSA) is 64.6 Å². The third-order valence-corrected chi connectivity index (χ3v) is 9.31. The minimum absolute atomic E-state index is 0.265. The zero-order valence-electron chi connectivity index (χ0n) is 28.4. The summed E-state index contributed by atoms with van der Waals surface area (Å²) in [4.78, 5) is 0. The third-order valence-electron chi connectivity index (χ3n) is 8.69. The predicted octanol–water partition coefficient (Wildman–Crippen LogP) is 8.88. The molecular formula is C42H43BrO7. The van der Waals surface area contributed by atoms with Crippen LogP contribution in [-0.4, -0.2) is 45.2 Å². The zero-order chi connectivity index (χ0) is 34.5. The molecule has 5 aromatic rings. The van der Waals surface area contributed by atoms with Crippen LogP contribution in [0.25, 0.3) is 0 Å². The van der Waals surface area contributed by atoms with Crippen LogP contribution in [0.3, 0.4) is 0 Å². The van der Waals surface area contributed by atoms with Gasteiger partial charge in [0.25, 0.3) is 0 Å². The summed E-state index contributed by atoms with van der Waals surface area (Å²) in [5.74, 6) is 1.25. The van der Waals surface area contributed by atoms with Gasteiger partial charge in [0.1, 0.15) is 42.0 Å². The Morgan fingerprint density at radius 2 is 0.960 bits per heavy atom. The molecule has 6 rings (SSSR count). The number of halogens is 1. The van der Waals surface area contributed by atoms with E-state index >= 15 is 0 Å². The van der Waals surface area contributed by atoms with E-state index in [-0.39, 0.29) is 6.61 Å². The van der Waals surface area contributed by atoms with Crippen LogP contribution in [0.5, 0.6) is 11.5 Å². The van der Waals surface area contributed by atoms with E-state index in [1.165, 1.54) is 0 Å². The van der Waals surface area contributed by atoms with Crippen molar-refractivity contribution in [2.75, 3.05) is 20.8 Å². The number of methoxy groups -OCH3 is 2. The van der Waals surface area contributed by atoms with Gasteiger partial charge >= 0.3 is 0 Å². The molecule has 0 spiro atoms. The summed E-state index contributed by atoms with van der Waals surface area (Å²) in [7, 11) is 3.27. The summed E-state index contributed by atoms with van der Waals surface area (Å²) >= 11 is 3.70. The summed E-state index contributed by atoms with van der Waals surface area (Å²) < 4.78 is 46.3. The highest BCUT2D eigenvalue weighted by Gasteiger charge is 2.49. The zero-order valence-corrected chi connectivity index (χ0v) is 29.9. The molecule has 1 aliphatic heterocycles. The Morgan fingerprint density at radius 1 is 0.520 bits per heavy atom. The van der Waals surface area contributed by atoms with Crippen LogP contribution in [0.15, 0.2) is 138 Å². The van der Waals surface area contributed by atoms with E-state index in [1.807, 2.05) is 109 Å². The summed E-state index contributed by atoms with van der Waals surface area (Å²) in [6, 6.07) is 44.3. The van der Waals surface area contributed by atoms with Gasteiger partial charge < -0.3 is 33.2 Å². The molecule has 0 N–H and O–H groups in total. The van der Waals surface area contributed by atoms with E-state index in [4.69, 9.17) is 33.2 Å². The molecule has 1 fully saturated rings. The Morgan fingerprint density at radius 3 is 1.44 bits per heavy atom. The fourth-order valence-electron chi connectivity index (χ4n) is 6.15. The molecule has 0 aromatic heterocycles. The minimum Gasteiger partial charge on any atom is -0.496 e. The van der Waals surface area contributed by atoms with Gasteiger partial charge in [-0.15, -0.1) is 0 Å². The van der Waals surface area contributed by atoms with Crippen LogP contribution in [0, 0.1) is 0 Å². The van der Waals surface area contributed by atoms with Gasteiger partial charge in [0.05, 0.1) is 51.7 Å². The van der Waals surface area contributed by atoms with Gasteiger partial charge in [0, 0.05) is 11.6 Å². The van der Waals surface area contributed by atoms with Crippen LogP contribution in [0.4, 0.5) is 0 Å². The van der Waals surface area contributed by atoms with E-state index in [9.17, 15) is 0 Å². The SMILES string of the molecule is COc1cc(OC)c([C@@H]2O[C@H](COCc3ccccc3)[C@@H](OCc3ccccc3)[C@H](OCc3ccccc3)[C@H]2OCc2ccccc2)cc1Br. The van der Waals surface area contributed by atoms with Crippen molar-refractivity contribution in [3.8, 4) is 11.5 Å². The molecule has 0 amide bonds. The van der Waals surface area contributed by atoms with Crippen LogP contribution in [0.2, 0.25) is 0 Å². The molecule has 1 saturated heterocycles. The van der Waals surface area contributed by atoms with E-state index in [1.54, 1.807) is 14.2 Å². The number of ether oxygens (including phenoxy) is 7. The van der Waals surface area contributed by atoms with Gasteiger partial charge in [-0.1, -0.05) is 121 Å². The molecule has 0 saturated carbocycles. The number of rotatable bonds is 16. The quantitative estimate of drug-likeness (QED) is 0.100. The Balaban J connectivity index is 1.40. The second-order valence-electron chi connectivity index (χ2n) is 12.1. The smallest absolute Gasteiger partial charge is 0.136 e. The monoisotopic (exact) mass is 738 g/mol. The lowest BCUT2D eigenvalue weighted by Crippen LogP contribution is -2.58. The van der Waals surface area contributed by atoms with E-state index in [2.05, 4.69) is 40.2 Å². The number of benzene rings is 5. The van der Waals surface area contributed by atoms with Crippen molar-refractivity contribution < 1.29 is 33.2 Å². The lowest BCUT2D eigenvalue weighted by molar-refractivity contribution is -0.275. The van der Waals surface area contributed by atoms with Gasteiger partial charge in [-0.2, -0.15) is 0 Å². The molecule has 7 nitrogen and oxygen atoms in total. The molecule has 8 heteroatoms. The first-order valence-electron chi connectivity index (χ1n) is 16.8. The van der Waals surface area contributed by atoms with E-state index < -0.39 is 30.5 Å². The van der Waals surface area contributed by atoms with Gasteiger partial charge in [-0.3, -0.25) is 0 Å². The van der Waals surface area contributed by atoms with Crippen molar-refractivity contribution in [2.24, 2.45) is 0 Å². The lowest BCUT2D eigenvalue weighted by Gasteiger charge is -2.46. The molecule has 0 unspecified atom stereocenters. The summed E-state index contributed by atoms with van der Waals surface area (Å²) in [5.41, 5.74) is 4.99. The molecule has 5 atom stereocenters. The minimum atomic E-state index is -0.612. The highest BCUT2D eigenvalue weighted by molar-refractivity contribution is 9.10. The normalized spacial score (nSPS) is 20.3. The van der Waals surface area contributed by atoms with Crippen molar-refractivity contribution >= 4 is 15.9 Å². The van der Waals surface area contributed by atoms with E-state index in [0.29, 0.717) is 37.9 Å². The highest BCUT2D eigenvalue weighted by Crippen LogP contribution is 2.44. The van der Waals surface area contributed by atoms with Crippen LogP contribution in [0.1, 0.15) is 33.9 Å². The van der Waals surface area contributed by atoms with E-state index in [0.717, 1.165) is 32.3 Å². The molecule has 0 bridgehead atoms. The Labute approximate surface area is 303 Å². The molecular weight excluding hydrogens is 696 g/mol. The van der Waals surface area contributed by atoms with Crippen molar-refractivity contribution in [2.45, 2.75) is 56.9 Å². The number of hydrogen-bond donors (Lipinski definition) is 0. The average molecular weight is 740 g/mol.